The molecule has 0 radical (unpaired) electrons. The SMILES string of the molecule is CC(C)(C)OC(=O)N1C[C@@H]1C(N)=O. The fraction of sp³-hybridized carbons (Fsp3) is 0.750. The zero-order valence-corrected chi connectivity index (χ0v) is 8.03. The highest BCUT2D eigenvalue weighted by molar-refractivity contribution is 5.89. The smallest absolute Gasteiger partial charge is 0.411 e. The fourth-order valence-corrected chi connectivity index (χ4v) is 0.905. The molecular weight excluding hydrogens is 172 g/mol. The Bertz CT molecular complexity index is 244. The van der Waals surface area contributed by atoms with Crippen LogP contribution in [-0.2, 0) is 9.53 Å². The van der Waals surface area contributed by atoms with Gasteiger partial charge in [0.2, 0.25) is 5.91 Å². The number of hydrogen-bond donors (Lipinski definition) is 1. The number of primary amides is 1. The van der Waals surface area contributed by atoms with Crippen molar-refractivity contribution < 1.29 is 14.3 Å². The van der Waals surface area contributed by atoms with Gasteiger partial charge in [0.05, 0.1) is 6.54 Å². The van der Waals surface area contributed by atoms with E-state index in [0.717, 1.165) is 0 Å². The molecule has 0 spiro atoms. The van der Waals surface area contributed by atoms with E-state index in [2.05, 4.69) is 0 Å². The lowest BCUT2D eigenvalue weighted by atomic mass is 10.2. The van der Waals surface area contributed by atoms with Crippen LogP contribution in [0.5, 0.6) is 0 Å². The molecule has 13 heavy (non-hydrogen) atoms. The second-order valence-corrected chi connectivity index (χ2v) is 4.05. The van der Waals surface area contributed by atoms with Crippen LogP contribution in [0.3, 0.4) is 0 Å². The van der Waals surface area contributed by atoms with Gasteiger partial charge in [0.1, 0.15) is 11.6 Å². The molecule has 5 nitrogen and oxygen atoms in total. The maximum Gasteiger partial charge on any atom is 0.411 e. The van der Waals surface area contributed by atoms with Gasteiger partial charge in [-0.15, -0.1) is 0 Å². The first-order valence-corrected chi connectivity index (χ1v) is 4.10. The fourth-order valence-electron chi connectivity index (χ4n) is 0.905. The topological polar surface area (TPSA) is 72.4 Å². The number of nitrogens with zero attached hydrogens (tertiary/aromatic N) is 1. The molecule has 1 heterocycles. The van der Waals surface area contributed by atoms with E-state index >= 15 is 0 Å². The van der Waals surface area contributed by atoms with Crippen LogP contribution >= 0.6 is 0 Å². The normalized spacial score (nSPS) is 21.2. The lowest BCUT2D eigenvalue weighted by Gasteiger charge is -2.19. The van der Waals surface area contributed by atoms with E-state index in [1.807, 2.05) is 0 Å². The number of rotatable bonds is 1. The number of hydrogen-bond acceptors (Lipinski definition) is 3. The average Bonchev–Trinajstić information content (AvgIpc) is 2.58. The van der Waals surface area contributed by atoms with Gasteiger partial charge in [-0.2, -0.15) is 0 Å². The first-order valence-electron chi connectivity index (χ1n) is 4.10. The van der Waals surface area contributed by atoms with E-state index in [-0.39, 0.29) is 0 Å². The third-order valence-electron chi connectivity index (χ3n) is 1.57. The van der Waals surface area contributed by atoms with Crippen LogP contribution in [-0.4, -0.2) is 35.1 Å². The van der Waals surface area contributed by atoms with Crippen molar-refractivity contribution in [3.8, 4) is 0 Å². The van der Waals surface area contributed by atoms with Crippen LogP contribution in [0.4, 0.5) is 4.79 Å². The molecule has 0 aliphatic carbocycles. The third-order valence-corrected chi connectivity index (χ3v) is 1.57. The summed E-state index contributed by atoms with van der Waals surface area (Å²) in [5, 5.41) is 0. The van der Waals surface area contributed by atoms with Crippen molar-refractivity contribution in [3.05, 3.63) is 0 Å². The monoisotopic (exact) mass is 186 g/mol. The molecule has 0 unspecified atom stereocenters. The summed E-state index contributed by atoms with van der Waals surface area (Å²) in [7, 11) is 0. The summed E-state index contributed by atoms with van der Waals surface area (Å²) in [6.07, 6.45) is -0.476. The zero-order chi connectivity index (χ0) is 10.2. The number of nitrogens with two attached hydrogens (primary N) is 1. The summed E-state index contributed by atoms with van der Waals surface area (Å²) in [5.74, 6) is -0.481. The molecule has 0 bridgehead atoms. The lowest BCUT2D eigenvalue weighted by molar-refractivity contribution is -0.118. The molecule has 2 amide bonds. The Labute approximate surface area is 76.8 Å². The summed E-state index contributed by atoms with van der Waals surface area (Å²) in [6, 6.07) is -0.463. The van der Waals surface area contributed by atoms with Crippen LogP contribution in [0.1, 0.15) is 20.8 Å². The highest BCUT2D eigenvalue weighted by atomic mass is 16.6. The van der Waals surface area contributed by atoms with E-state index in [1.165, 1.54) is 4.90 Å². The maximum atomic E-state index is 11.2. The Hall–Kier alpha value is -1.26. The Morgan fingerprint density at radius 1 is 1.46 bits per heavy atom. The van der Waals surface area contributed by atoms with Gasteiger partial charge in [0.15, 0.2) is 0 Å². The average molecular weight is 186 g/mol. The Balaban J connectivity index is 2.40. The van der Waals surface area contributed by atoms with Crippen molar-refractivity contribution in [1.82, 2.24) is 4.90 Å². The molecule has 74 valence electrons. The quantitative estimate of drug-likeness (QED) is 0.590. The Morgan fingerprint density at radius 2 is 2.00 bits per heavy atom. The van der Waals surface area contributed by atoms with E-state index < -0.39 is 23.6 Å². The highest BCUT2D eigenvalue weighted by Crippen LogP contribution is 2.20. The minimum Gasteiger partial charge on any atom is -0.444 e. The van der Waals surface area contributed by atoms with Gasteiger partial charge in [-0.1, -0.05) is 0 Å². The zero-order valence-electron chi connectivity index (χ0n) is 8.03. The Morgan fingerprint density at radius 3 is 2.31 bits per heavy atom. The minimum atomic E-state index is -0.526. The molecule has 0 saturated carbocycles. The summed E-state index contributed by atoms with van der Waals surface area (Å²) >= 11 is 0. The molecular formula is C8H14N2O3. The summed E-state index contributed by atoms with van der Waals surface area (Å²) < 4.78 is 5.02. The number of carbonyl (C=O) groups excluding carboxylic acids is 2. The molecule has 1 aliphatic heterocycles. The van der Waals surface area contributed by atoms with Crippen molar-refractivity contribution in [2.24, 2.45) is 5.73 Å². The van der Waals surface area contributed by atoms with Crippen LogP contribution < -0.4 is 5.73 Å². The van der Waals surface area contributed by atoms with Crippen LogP contribution in [0.25, 0.3) is 0 Å². The number of ether oxygens (including phenoxy) is 1. The molecule has 1 saturated heterocycles. The first kappa shape index (κ1) is 9.83. The van der Waals surface area contributed by atoms with Crippen molar-refractivity contribution in [3.63, 3.8) is 0 Å². The van der Waals surface area contributed by atoms with Crippen molar-refractivity contribution in [2.45, 2.75) is 32.4 Å². The van der Waals surface area contributed by atoms with E-state index in [9.17, 15) is 9.59 Å². The molecule has 1 atom stereocenters. The first-order chi connectivity index (χ1) is 5.81. The summed E-state index contributed by atoms with van der Waals surface area (Å²) in [6.45, 7) is 5.69. The van der Waals surface area contributed by atoms with Crippen LogP contribution in [0.2, 0.25) is 0 Å². The molecule has 0 aromatic heterocycles. The predicted octanol–water partition coefficient (Wildman–Crippen LogP) is 0.0910. The van der Waals surface area contributed by atoms with Gasteiger partial charge in [0.25, 0.3) is 0 Å². The van der Waals surface area contributed by atoms with Gasteiger partial charge >= 0.3 is 6.09 Å². The standard InChI is InChI=1S/C8H14N2O3/c1-8(2,3)13-7(12)10-4-5(10)6(9)11/h5H,4H2,1-3H3,(H2,9,11)/t5-,10?/m1/s1. The lowest BCUT2D eigenvalue weighted by Crippen LogP contribution is -2.30. The summed E-state index contributed by atoms with van der Waals surface area (Å²) in [4.78, 5) is 23.1. The van der Waals surface area contributed by atoms with E-state index in [1.54, 1.807) is 20.8 Å². The van der Waals surface area contributed by atoms with Crippen molar-refractivity contribution in [1.29, 1.82) is 0 Å². The van der Waals surface area contributed by atoms with Gasteiger partial charge in [0, 0.05) is 0 Å². The second kappa shape index (κ2) is 2.90. The molecule has 1 fully saturated rings. The largest absolute Gasteiger partial charge is 0.444 e. The highest BCUT2D eigenvalue weighted by Gasteiger charge is 2.45. The molecule has 5 heteroatoms. The molecule has 0 aromatic carbocycles. The number of amides is 2. The summed E-state index contributed by atoms with van der Waals surface area (Å²) in [5.41, 5.74) is 4.48. The molecule has 2 N–H and O–H groups in total. The maximum absolute atomic E-state index is 11.2. The third kappa shape index (κ3) is 2.61. The second-order valence-electron chi connectivity index (χ2n) is 4.05. The van der Waals surface area contributed by atoms with Gasteiger partial charge in [-0.05, 0) is 20.8 Å². The van der Waals surface area contributed by atoms with Crippen LogP contribution in [0, 0.1) is 0 Å². The van der Waals surface area contributed by atoms with Crippen LogP contribution in [0.15, 0.2) is 0 Å². The molecule has 1 rings (SSSR count). The van der Waals surface area contributed by atoms with Gasteiger partial charge in [-0.25, -0.2) is 4.79 Å². The van der Waals surface area contributed by atoms with Gasteiger partial charge < -0.3 is 10.5 Å². The molecule has 1 aliphatic rings. The van der Waals surface area contributed by atoms with Crippen molar-refractivity contribution in [2.75, 3.05) is 6.54 Å². The predicted molar refractivity (Wildman–Crippen MR) is 45.9 cm³/mol. The minimum absolute atomic E-state index is 0.379. The van der Waals surface area contributed by atoms with E-state index in [4.69, 9.17) is 10.5 Å². The van der Waals surface area contributed by atoms with E-state index in [0.29, 0.717) is 6.54 Å². The Kier molecular flexibility index (Phi) is 2.19. The van der Waals surface area contributed by atoms with Gasteiger partial charge in [-0.3, -0.25) is 9.69 Å². The number of carbonyl (C=O) groups is 2. The molecule has 0 aromatic rings. The van der Waals surface area contributed by atoms with Crippen molar-refractivity contribution >= 4 is 12.0 Å².